The van der Waals surface area contributed by atoms with Gasteiger partial charge >= 0.3 is 0 Å². The number of nitro benzene ring substituents is 1. The summed E-state index contributed by atoms with van der Waals surface area (Å²) in [6, 6.07) is 13.9. The van der Waals surface area contributed by atoms with Crippen molar-refractivity contribution in [3.63, 3.8) is 0 Å². The molecule has 8 nitrogen and oxygen atoms in total. The van der Waals surface area contributed by atoms with Crippen molar-refractivity contribution in [2.75, 3.05) is 0 Å². The van der Waals surface area contributed by atoms with E-state index in [4.69, 9.17) is 4.42 Å². The molecule has 1 aromatic heterocycles. The highest BCUT2D eigenvalue weighted by atomic mass is 16.6. The Morgan fingerprint density at radius 1 is 1.22 bits per heavy atom. The number of furan rings is 1. The first-order chi connectivity index (χ1) is 13.0. The van der Waals surface area contributed by atoms with Gasteiger partial charge in [0.05, 0.1) is 16.7 Å². The fourth-order valence-corrected chi connectivity index (χ4v) is 2.44. The molecule has 0 aliphatic rings. The molecule has 0 spiro atoms. The Morgan fingerprint density at radius 2 is 2.00 bits per heavy atom. The molecule has 0 saturated carbocycles. The number of benzene rings is 2. The van der Waals surface area contributed by atoms with Gasteiger partial charge in [0.2, 0.25) is 0 Å². The molecular formula is C19H15N3O5. The summed E-state index contributed by atoms with van der Waals surface area (Å²) in [5.74, 6) is 0.0930. The van der Waals surface area contributed by atoms with Crippen LogP contribution in [0.5, 0.6) is 5.75 Å². The summed E-state index contributed by atoms with van der Waals surface area (Å²) >= 11 is 0. The third-order valence-corrected chi connectivity index (χ3v) is 3.83. The van der Waals surface area contributed by atoms with Crippen LogP contribution in [0.1, 0.15) is 21.7 Å². The van der Waals surface area contributed by atoms with Crippen LogP contribution in [0.4, 0.5) is 5.69 Å². The van der Waals surface area contributed by atoms with E-state index in [1.165, 1.54) is 30.5 Å². The summed E-state index contributed by atoms with van der Waals surface area (Å²) in [7, 11) is 0. The van der Waals surface area contributed by atoms with Crippen molar-refractivity contribution in [3.8, 4) is 17.1 Å². The van der Waals surface area contributed by atoms with Gasteiger partial charge in [-0.2, -0.15) is 5.10 Å². The lowest BCUT2D eigenvalue weighted by atomic mass is 10.1. The van der Waals surface area contributed by atoms with Crippen molar-refractivity contribution >= 4 is 17.8 Å². The number of nitro groups is 1. The van der Waals surface area contributed by atoms with Crippen LogP contribution in [-0.2, 0) is 0 Å². The summed E-state index contributed by atoms with van der Waals surface area (Å²) < 4.78 is 5.62. The van der Waals surface area contributed by atoms with Crippen LogP contribution < -0.4 is 5.43 Å². The Bertz CT molecular complexity index is 1040. The van der Waals surface area contributed by atoms with E-state index < -0.39 is 10.8 Å². The third kappa shape index (κ3) is 4.01. The van der Waals surface area contributed by atoms with Crippen molar-refractivity contribution in [1.82, 2.24) is 5.43 Å². The molecule has 0 atom stereocenters. The summed E-state index contributed by atoms with van der Waals surface area (Å²) in [6.07, 6.45) is 1.30. The maximum atomic E-state index is 11.9. The Kier molecular flexibility index (Phi) is 4.98. The van der Waals surface area contributed by atoms with Crippen molar-refractivity contribution in [2.45, 2.75) is 6.92 Å². The van der Waals surface area contributed by atoms with E-state index in [2.05, 4.69) is 10.5 Å². The van der Waals surface area contributed by atoms with E-state index in [0.29, 0.717) is 17.1 Å². The van der Waals surface area contributed by atoms with Gasteiger partial charge in [-0.25, -0.2) is 5.43 Å². The minimum atomic E-state index is -0.564. The number of phenols is 1. The predicted molar refractivity (Wildman–Crippen MR) is 98.7 cm³/mol. The van der Waals surface area contributed by atoms with E-state index in [-0.39, 0.29) is 17.0 Å². The molecule has 1 amide bonds. The van der Waals surface area contributed by atoms with Gasteiger partial charge in [0.25, 0.3) is 11.6 Å². The van der Waals surface area contributed by atoms with E-state index in [1.54, 1.807) is 30.3 Å². The second-order valence-electron chi connectivity index (χ2n) is 5.67. The SMILES string of the molecule is Cc1ccc([N+](=O)[O-])cc1-c1ccc(/C=N/NC(=O)c2ccccc2O)o1. The highest BCUT2D eigenvalue weighted by Crippen LogP contribution is 2.28. The summed E-state index contributed by atoms with van der Waals surface area (Å²) in [5.41, 5.74) is 3.79. The molecule has 0 aliphatic carbocycles. The number of nitrogens with one attached hydrogen (secondary N) is 1. The molecule has 0 fully saturated rings. The maximum Gasteiger partial charge on any atom is 0.275 e. The molecule has 0 aliphatic heterocycles. The lowest BCUT2D eigenvalue weighted by molar-refractivity contribution is -0.384. The minimum Gasteiger partial charge on any atom is -0.507 e. The van der Waals surface area contributed by atoms with E-state index in [1.807, 2.05) is 6.92 Å². The number of non-ortho nitro benzene ring substituents is 1. The van der Waals surface area contributed by atoms with Crippen LogP contribution in [0.15, 0.2) is 64.1 Å². The molecule has 3 rings (SSSR count). The average Bonchev–Trinajstić information content (AvgIpc) is 3.10. The highest BCUT2D eigenvalue weighted by Gasteiger charge is 2.13. The van der Waals surface area contributed by atoms with Gasteiger partial charge in [0.15, 0.2) is 0 Å². The number of para-hydroxylation sites is 1. The molecule has 1 heterocycles. The Labute approximate surface area is 153 Å². The number of nitrogens with zero attached hydrogens (tertiary/aromatic N) is 2. The zero-order chi connectivity index (χ0) is 19.4. The average molecular weight is 365 g/mol. The molecule has 0 saturated heterocycles. The topological polar surface area (TPSA) is 118 Å². The number of carbonyl (C=O) groups is 1. The number of phenolic OH excluding ortho intramolecular Hbond substituents is 1. The molecule has 0 bridgehead atoms. The zero-order valence-corrected chi connectivity index (χ0v) is 14.2. The number of carbonyl (C=O) groups excluding carboxylic acids is 1. The fourth-order valence-electron chi connectivity index (χ4n) is 2.44. The Morgan fingerprint density at radius 3 is 2.74 bits per heavy atom. The molecule has 3 aromatic rings. The summed E-state index contributed by atoms with van der Waals surface area (Å²) in [5, 5.41) is 24.4. The third-order valence-electron chi connectivity index (χ3n) is 3.83. The Balaban J connectivity index is 1.74. The van der Waals surface area contributed by atoms with E-state index in [0.717, 1.165) is 5.56 Å². The first-order valence-electron chi connectivity index (χ1n) is 7.92. The van der Waals surface area contributed by atoms with Crippen LogP contribution >= 0.6 is 0 Å². The zero-order valence-electron chi connectivity index (χ0n) is 14.2. The number of hydrazone groups is 1. The van der Waals surface area contributed by atoms with E-state index in [9.17, 15) is 20.0 Å². The number of aromatic hydroxyl groups is 1. The van der Waals surface area contributed by atoms with Crippen molar-refractivity contribution in [1.29, 1.82) is 0 Å². The van der Waals surface area contributed by atoms with Gasteiger partial charge < -0.3 is 9.52 Å². The quantitative estimate of drug-likeness (QED) is 0.407. The Hall–Kier alpha value is -3.94. The lowest BCUT2D eigenvalue weighted by Gasteiger charge is -2.02. The summed E-state index contributed by atoms with van der Waals surface area (Å²) in [6.45, 7) is 1.82. The van der Waals surface area contributed by atoms with Crippen molar-refractivity contribution < 1.29 is 19.2 Å². The molecular weight excluding hydrogens is 350 g/mol. The first-order valence-corrected chi connectivity index (χ1v) is 7.92. The summed E-state index contributed by atoms with van der Waals surface area (Å²) in [4.78, 5) is 22.4. The molecule has 2 aromatic carbocycles. The van der Waals surface area contributed by atoms with Gasteiger partial charge in [0, 0.05) is 17.7 Å². The van der Waals surface area contributed by atoms with Crippen LogP contribution in [0.3, 0.4) is 0 Å². The van der Waals surface area contributed by atoms with Crippen LogP contribution in [0.25, 0.3) is 11.3 Å². The van der Waals surface area contributed by atoms with Gasteiger partial charge in [-0.1, -0.05) is 18.2 Å². The number of amides is 1. The second-order valence-corrected chi connectivity index (χ2v) is 5.67. The standard InChI is InChI=1S/C19H15N3O5/c1-12-6-7-13(22(25)26)10-16(12)18-9-8-14(27-18)11-20-21-19(24)15-4-2-3-5-17(15)23/h2-11,23H,1H3,(H,21,24)/b20-11+. The monoisotopic (exact) mass is 365 g/mol. The van der Waals surface area contributed by atoms with Crippen LogP contribution in [0, 0.1) is 17.0 Å². The van der Waals surface area contributed by atoms with Crippen molar-refractivity contribution in [3.05, 3.63) is 81.6 Å². The van der Waals surface area contributed by atoms with Gasteiger partial charge in [0.1, 0.15) is 17.3 Å². The molecule has 2 N–H and O–H groups in total. The lowest BCUT2D eigenvalue weighted by Crippen LogP contribution is -2.17. The number of rotatable bonds is 5. The smallest absolute Gasteiger partial charge is 0.275 e. The number of hydrogen-bond acceptors (Lipinski definition) is 6. The van der Waals surface area contributed by atoms with Gasteiger partial charge in [-0.05, 0) is 36.8 Å². The second kappa shape index (κ2) is 7.52. The number of aryl methyl sites for hydroxylation is 1. The fraction of sp³-hybridized carbons (Fsp3) is 0.0526. The predicted octanol–water partition coefficient (Wildman–Crippen LogP) is 3.63. The molecule has 8 heteroatoms. The molecule has 0 radical (unpaired) electrons. The maximum absolute atomic E-state index is 11.9. The largest absolute Gasteiger partial charge is 0.507 e. The molecule has 136 valence electrons. The van der Waals surface area contributed by atoms with Crippen LogP contribution in [0.2, 0.25) is 0 Å². The normalized spacial score (nSPS) is 10.9. The van der Waals surface area contributed by atoms with E-state index >= 15 is 0 Å². The highest BCUT2D eigenvalue weighted by molar-refractivity contribution is 5.97. The van der Waals surface area contributed by atoms with Crippen molar-refractivity contribution in [2.24, 2.45) is 5.10 Å². The molecule has 27 heavy (non-hydrogen) atoms. The molecule has 0 unspecified atom stereocenters. The first kappa shape index (κ1) is 17.9. The van der Waals surface area contributed by atoms with Gasteiger partial charge in [-0.3, -0.25) is 14.9 Å². The van der Waals surface area contributed by atoms with Gasteiger partial charge in [-0.15, -0.1) is 0 Å². The number of hydrogen-bond donors (Lipinski definition) is 2. The minimum absolute atomic E-state index is 0.0304. The van der Waals surface area contributed by atoms with Crippen LogP contribution in [-0.4, -0.2) is 22.2 Å².